The molecule has 2 rings (SSSR count). The summed E-state index contributed by atoms with van der Waals surface area (Å²) in [6, 6.07) is 10.2. The second-order valence-electron chi connectivity index (χ2n) is 5.12. The van der Waals surface area contributed by atoms with Crippen LogP contribution in [0.25, 0.3) is 0 Å². The van der Waals surface area contributed by atoms with Gasteiger partial charge >= 0.3 is 0 Å². The fraction of sp³-hybridized carbons (Fsp3) is 0.533. The average Bonchev–Trinajstić information content (AvgIpc) is 2.92. The Hall–Kier alpha value is -1.55. The van der Waals surface area contributed by atoms with E-state index in [2.05, 4.69) is 34.3 Å². The van der Waals surface area contributed by atoms with Gasteiger partial charge in [-0.2, -0.15) is 0 Å². The summed E-state index contributed by atoms with van der Waals surface area (Å²) in [5.41, 5.74) is 7.08. The molecule has 0 saturated carbocycles. The molecule has 0 aliphatic carbocycles. The molecule has 4 heteroatoms. The van der Waals surface area contributed by atoms with Gasteiger partial charge in [0, 0.05) is 13.1 Å². The minimum Gasteiger partial charge on any atom is -0.370 e. The molecule has 4 nitrogen and oxygen atoms in total. The third-order valence-electron chi connectivity index (χ3n) is 3.66. The molecule has 1 aliphatic heterocycles. The topological polar surface area (TPSA) is 53.6 Å². The van der Waals surface area contributed by atoms with Crippen LogP contribution in [0.5, 0.6) is 0 Å². The highest BCUT2D eigenvalue weighted by Crippen LogP contribution is 2.14. The van der Waals surface area contributed by atoms with Gasteiger partial charge in [0.05, 0.1) is 6.54 Å². The van der Waals surface area contributed by atoms with E-state index in [4.69, 9.17) is 5.73 Å². The molecule has 1 heterocycles. The number of nitrogens with zero attached hydrogens (tertiary/aromatic N) is 2. The standard InChI is InChI=1S/C15H24N4/c1-2-19-9-8-14(12-19)11-18-15(16)17-10-13-6-4-3-5-7-13/h3-7,14H,2,8-12H2,1H3,(H3,16,17,18). The molecule has 1 aliphatic rings. The first-order chi connectivity index (χ1) is 9.28. The van der Waals surface area contributed by atoms with Crippen molar-refractivity contribution in [3.05, 3.63) is 35.9 Å². The van der Waals surface area contributed by atoms with Crippen LogP contribution >= 0.6 is 0 Å². The highest BCUT2D eigenvalue weighted by atomic mass is 15.2. The Labute approximate surface area is 115 Å². The van der Waals surface area contributed by atoms with Crippen LogP contribution in [0.1, 0.15) is 18.9 Å². The Bertz CT molecular complexity index is 402. The van der Waals surface area contributed by atoms with Crippen LogP contribution in [0.2, 0.25) is 0 Å². The normalized spacial score (nSPS) is 20.7. The van der Waals surface area contributed by atoms with Gasteiger partial charge in [-0.3, -0.25) is 0 Å². The molecule has 1 unspecified atom stereocenters. The van der Waals surface area contributed by atoms with Gasteiger partial charge in [0.15, 0.2) is 5.96 Å². The second kappa shape index (κ2) is 7.14. The number of likely N-dealkylation sites (tertiary alicyclic amines) is 1. The molecule has 1 atom stereocenters. The van der Waals surface area contributed by atoms with Gasteiger partial charge in [0.25, 0.3) is 0 Å². The molecule has 1 aromatic carbocycles. The van der Waals surface area contributed by atoms with E-state index in [1.54, 1.807) is 0 Å². The minimum absolute atomic E-state index is 0.554. The first-order valence-corrected chi connectivity index (χ1v) is 7.08. The summed E-state index contributed by atoms with van der Waals surface area (Å²) in [6.45, 7) is 7.32. The lowest BCUT2D eigenvalue weighted by atomic mass is 10.1. The van der Waals surface area contributed by atoms with Crippen LogP contribution in [0.4, 0.5) is 0 Å². The number of guanidine groups is 1. The second-order valence-corrected chi connectivity index (χ2v) is 5.12. The van der Waals surface area contributed by atoms with Crippen LogP contribution in [0, 0.1) is 5.92 Å². The lowest BCUT2D eigenvalue weighted by molar-refractivity contribution is 0.342. The van der Waals surface area contributed by atoms with E-state index in [1.165, 1.54) is 25.1 Å². The summed E-state index contributed by atoms with van der Waals surface area (Å²) >= 11 is 0. The fourth-order valence-electron chi connectivity index (χ4n) is 2.43. The molecule has 19 heavy (non-hydrogen) atoms. The zero-order valence-corrected chi connectivity index (χ0v) is 11.7. The van der Waals surface area contributed by atoms with Crippen LogP contribution in [-0.4, -0.2) is 37.0 Å². The van der Waals surface area contributed by atoms with Gasteiger partial charge in [-0.05, 0) is 31.0 Å². The third-order valence-corrected chi connectivity index (χ3v) is 3.66. The van der Waals surface area contributed by atoms with E-state index in [-0.39, 0.29) is 0 Å². The van der Waals surface area contributed by atoms with Crippen molar-refractivity contribution >= 4 is 5.96 Å². The van der Waals surface area contributed by atoms with Crippen molar-refractivity contribution in [2.45, 2.75) is 19.9 Å². The molecule has 104 valence electrons. The van der Waals surface area contributed by atoms with Gasteiger partial charge in [0.2, 0.25) is 0 Å². The van der Waals surface area contributed by atoms with Crippen LogP contribution in [0.15, 0.2) is 35.3 Å². The van der Waals surface area contributed by atoms with Gasteiger partial charge in [-0.1, -0.05) is 37.3 Å². The first-order valence-electron chi connectivity index (χ1n) is 7.08. The van der Waals surface area contributed by atoms with Crippen molar-refractivity contribution in [3.63, 3.8) is 0 Å². The smallest absolute Gasteiger partial charge is 0.188 e. The predicted molar refractivity (Wildman–Crippen MR) is 80.0 cm³/mol. The fourth-order valence-corrected chi connectivity index (χ4v) is 2.43. The summed E-state index contributed by atoms with van der Waals surface area (Å²) in [7, 11) is 0. The molecular formula is C15H24N4. The van der Waals surface area contributed by atoms with Gasteiger partial charge in [0.1, 0.15) is 0 Å². The molecule has 0 bridgehead atoms. The van der Waals surface area contributed by atoms with Crippen molar-refractivity contribution in [2.75, 3.05) is 26.2 Å². The number of aliphatic imine (C=N–C) groups is 1. The van der Waals surface area contributed by atoms with Gasteiger partial charge in [-0.25, -0.2) is 4.99 Å². The molecule has 3 N–H and O–H groups in total. The van der Waals surface area contributed by atoms with Crippen LogP contribution in [0.3, 0.4) is 0 Å². The molecule has 1 fully saturated rings. The van der Waals surface area contributed by atoms with E-state index in [9.17, 15) is 0 Å². The highest BCUT2D eigenvalue weighted by molar-refractivity contribution is 5.77. The minimum atomic E-state index is 0.554. The zero-order valence-electron chi connectivity index (χ0n) is 11.7. The van der Waals surface area contributed by atoms with Crippen molar-refractivity contribution in [1.29, 1.82) is 0 Å². The molecule has 0 radical (unpaired) electrons. The summed E-state index contributed by atoms with van der Waals surface area (Å²) in [6.07, 6.45) is 1.26. The number of hydrogen-bond acceptors (Lipinski definition) is 2. The van der Waals surface area contributed by atoms with E-state index in [0.717, 1.165) is 13.1 Å². The number of benzene rings is 1. The zero-order chi connectivity index (χ0) is 13.5. The maximum absolute atomic E-state index is 5.89. The maximum Gasteiger partial charge on any atom is 0.188 e. The average molecular weight is 260 g/mol. The Morgan fingerprint density at radius 3 is 2.89 bits per heavy atom. The summed E-state index contributed by atoms with van der Waals surface area (Å²) in [4.78, 5) is 6.84. The van der Waals surface area contributed by atoms with E-state index in [0.29, 0.717) is 18.4 Å². The van der Waals surface area contributed by atoms with Crippen LogP contribution in [-0.2, 0) is 6.54 Å². The number of nitrogens with two attached hydrogens (primary N) is 1. The molecule has 0 spiro atoms. The molecule has 0 aromatic heterocycles. The quantitative estimate of drug-likeness (QED) is 0.622. The SMILES string of the molecule is CCN1CCC(CNC(N)=NCc2ccccc2)C1. The van der Waals surface area contributed by atoms with E-state index < -0.39 is 0 Å². The maximum atomic E-state index is 5.89. The Morgan fingerprint density at radius 2 is 2.21 bits per heavy atom. The molecule has 0 amide bonds. The van der Waals surface area contributed by atoms with Crippen molar-refractivity contribution in [3.8, 4) is 0 Å². The van der Waals surface area contributed by atoms with Crippen molar-refractivity contribution in [2.24, 2.45) is 16.6 Å². The number of rotatable bonds is 5. The Morgan fingerprint density at radius 1 is 1.42 bits per heavy atom. The summed E-state index contributed by atoms with van der Waals surface area (Å²) < 4.78 is 0. The molecule has 1 aromatic rings. The lowest BCUT2D eigenvalue weighted by Gasteiger charge is -2.14. The monoisotopic (exact) mass is 260 g/mol. The largest absolute Gasteiger partial charge is 0.370 e. The third kappa shape index (κ3) is 4.56. The van der Waals surface area contributed by atoms with Crippen molar-refractivity contribution in [1.82, 2.24) is 10.2 Å². The first kappa shape index (κ1) is 13.9. The van der Waals surface area contributed by atoms with Gasteiger partial charge in [-0.15, -0.1) is 0 Å². The van der Waals surface area contributed by atoms with Crippen LogP contribution < -0.4 is 11.1 Å². The highest BCUT2D eigenvalue weighted by Gasteiger charge is 2.20. The summed E-state index contributed by atoms with van der Waals surface area (Å²) in [5, 5.41) is 3.24. The van der Waals surface area contributed by atoms with E-state index >= 15 is 0 Å². The lowest BCUT2D eigenvalue weighted by Crippen LogP contribution is -2.36. The number of nitrogens with one attached hydrogen (secondary N) is 1. The molecule has 1 saturated heterocycles. The summed E-state index contributed by atoms with van der Waals surface area (Å²) in [5.74, 6) is 1.25. The Balaban J connectivity index is 1.71. The van der Waals surface area contributed by atoms with Crippen molar-refractivity contribution < 1.29 is 0 Å². The molecular weight excluding hydrogens is 236 g/mol. The van der Waals surface area contributed by atoms with Gasteiger partial charge < -0.3 is 16.0 Å². The Kier molecular flexibility index (Phi) is 5.21. The van der Waals surface area contributed by atoms with E-state index in [1.807, 2.05) is 18.2 Å². The predicted octanol–water partition coefficient (Wildman–Crippen LogP) is 1.43. The number of hydrogen-bond donors (Lipinski definition) is 2.